The van der Waals surface area contributed by atoms with Crippen molar-refractivity contribution in [1.29, 1.82) is 0 Å². The zero-order chi connectivity index (χ0) is 22.2. The van der Waals surface area contributed by atoms with Crippen molar-refractivity contribution in [2.75, 3.05) is 19.6 Å². The maximum absolute atomic E-state index is 13.2. The lowest BCUT2D eigenvalue weighted by atomic mass is 9.96. The highest BCUT2D eigenvalue weighted by molar-refractivity contribution is 5.95. The third-order valence-electron chi connectivity index (χ3n) is 5.09. The van der Waals surface area contributed by atoms with E-state index in [2.05, 4.69) is 5.32 Å². The summed E-state index contributed by atoms with van der Waals surface area (Å²) in [5.74, 6) is -0.482. The van der Waals surface area contributed by atoms with Crippen LogP contribution in [0.4, 0.5) is 4.39 Å². The van der Waals surface area contributed by atoms with Crippen molar-refractivity contribution in [3.8, 4) is 5.75 Å². The van der Waals surface area contributed by atoms with Gasteiger partial charge in [0.15, 0.2) is 0 Å². The van der Waals surface area contributed by atoms with Crippen LogP contribution in [0, 0.1) is 11.7 Å². The number of carbonyl (C=O) groups is 3. The third-order valence-corrected chi connectivity index (χ3v) is 5.09. The predicted molar refractivity (Wildman–Crippen MR) is 115 cm³/mol. The molecule has 0 spiro atoms. The van der Waals surface area contributed by atoms with Crippen LogP contribution < -0.4 is 10.1 Å². The highest BCUT2D eigenvalue weighted by Gasteiger charge is 2.24. The minimum atomic E-state index is -0.432. The molecule has 0 atom stereocenters. The van der Waals surface area contributed by atoms with Crippen LogP contribution in [0.25, 0.3) is 6.08 Å². The van der Waals surface area contributed by atoms with Gasteiger partial charge in [0.2, 0.25) is 5.91 Å². The van der Waals surface area contributed by atoms with Gasteiger partial charge >= 0.3 is 5.97 Å². The van der Waals surface area contributed by atoms with E-state index >= 15 is 0 Å². The lowest BCUT2D eigenvalue weighted by molar-refractivity contribution is -0.131. The molecule has 0 aliphatic carbocycles. The molecular formula is C24H25FN2O4. The number of ether oxygens (including phenoxy) is 1. The zero-order valence-corrected chi connectivity index (χ0v) is 17.3. The highest BCUT2D eigenvalue weighted by atomic mass is 19.1. The summed E-state index contributed by atoms with van der Waals surface area (Å²) < 4.78 is 18.2. The molecule has 0 unspecified atom stereocenters. The van der Waals surface area contributed by atoms with Gasteiger partial charge in [0.1, 0.15) is 11.6 Å². The first-order valence-electron chi connectivity index (χ1n) is 10.2. The summed E-state index contributed by atoms with van der Waals surface area (Å²) in [4.78, 5) is 37.6. The van der Waals surface area contributed by atoms with Crippen molar-refractivity contribution >= 4 is 23.9 Å². The number of carbonyl (C=O) groups excluding carboxylic acids is 3. The molecule has 162 valence electrons. The van der Waals surface area contributed by atoms with Gasteiger partial charge in [0, 0.05) is 38.2 Å². The van der Waals surface area contributed by atoms with E-state index in [1.807, 2.05) is 0 Å². The van der Waals surface area contributed by atoms with Crippen LogP contribution in [-0.4, -0.2) is 42.3 Å². The average molecular weight is 424 g/mol. The van der Waals surface area contributed by atoms with E-state index in [1.54, 1.807) is 47.4 Å². The fraction of sp³-hybridized carbons (Fsp3) is 0.292. The molecule has 3 rings (SSSR count). The minimum Gasteiger partial charge on any atom is -0.427 e. The minimum absolute atomic E-state index is 0.102. The Balaban J connectivity index is 1.44. The van der Waals surface area contributed by atoms with Crippen LogP contribution in [0.5, 0.6) is 5.75 Å². The second-order valence-corrected chi connectivity index (χ2v) is 7.49. The Morgan fingerprint density at radius 3 is 2.58 bits per heavy atom. The van der Waals surface area contributed by atoms with Gasteiger partial charge in [-0.3, -0.25) is 14.4 Å². The summed E-state index contributed by atoms with van der Waals surface area (Å²) in [5, 5.41) is 2.87. The van der Waals surface area contributed by atoms with Crippen molar-refractivity contribution in [2.45, 2.75) is 19.8 Å². The number of hydrogen-bond acceptors (Lipinski definition) is 4. The molecule has 2 amide bonds. The van der Waals surface area contributed by atoms with E-state index in [0.29, 0.717) is 36.5 Å². The normalized spacial score (nSPS) is 14.5. The number of rotatable bonds is 6. The molecule has 1 fully saturated rings. The number of hydrogen-bond donors (Lipinski definition) is 1. The standard InChI is InChI=1S/C24H25FN2O4/c1-17(28)31-22-7-3-5-20(15-22)24(30)27-12-10-19(11-13-27)16-26-23(29)9-8-18-4-2-6-21(25)14-18/h2-9,14-15,19H,10-13,16H2,1H3,(H,26,29)/b9-8+. The van der Waals surface area contributed by atoms with E-state index in [4.69, 9.17) is 4.74 Å². The number of piperidine rings is 1. The fourth-order valence-corrected chi connectivity index (χ4v) is 3.47. The predicted octanol–water partition coefficient (Wildman–Crippen LogP) is 3.43. The quantitative estimate of drug-likeness (QED) is 0.438. The smallest absolute Gasteiger partial charge is 0.308 e. The van der Waals surface area contributed by atoms with Gasteiger partial charge in [0.25, 0.3) is 5.91 Å². The molecule has 2 aromatic carbocycles. The highest BCUT2D eigenvalue weighted by Crippen LogP contribution is 2.20. The topological polar surface area (TPSA) is 75.7 Å². The molecule has 0 saturated carbocycles. The Hall–Kier alpha value is -3.48. The van der Waals surface area contributed by atoms with E-state index in [1.165, 1.54) is 25.1 Å². The number of likely N-dealkylation sites (tertiary alicyclic amines) is 1. The summed E-state index contributed by atoms with van der Waals surface area (Å²) in [7, 11) is 0. The van der Waals surface area contributed by atoms with E-state index in [9.17, 15) is 18.8 Å². The molecule has 0 aromatic heterocycles. The second-order valence-electron chi connectivity index (χ2n) is 7.49. The first kappa shape index (κ1) is 22.2. The lowest BCUT2D eigenvalue weighted by Crippen LogP contribution is -2.41. The molecule has 2 aromatic rings. The Bertz CT molecular complexity index is 981. The Morgan fingerprint density at radius 1 is 1.13 bits per heavy atom. The molecule has 1 aliphatic heterocycles. The number of nitrogens with one attached hydrogen (secondary N) is 1. The maximum Gasteiger partial charge on any atom is 0.308 e. The van der Waals surface area contributed by atoms with E-state index in [0.717, 1.165) is 12.8 Å². The molecular weight excluding hydrogens is 399 g/mol. The zero-order valence-electron chi connectivity index (χ0n) is 17.3. The summed E-state index contributed by atoms with van der Waals surface area (Å²) >= 11 is 0. The molecule has 7 heteroatoms. The molecule has 31 heavy (non-hydrogen) atoms. The van der Waals surface area contributed by atoms with Gasteiger partial charge < -0.3 is 15.0 Å². The average Bonchev–Trinajstić information content (AvgIpc) is 2.76. The Labute approximate surface area is 180 Å². The summed E-state index contributed by atoms with van der Waals surface area (Å²) in [6.07, 6.45) is 4.53. The van der Waals surface area contributed by atoms with Crippen molar-refractivity contribution in [2.24, 2.45) is 5.92 Å². The molecule has 0 bridgehead atoms. The van der Waals surface area contributed by atoms with Crippen molar-refractivity contribution in [3.05, 3.63) is 71.6 Å². The van der Waals surface area contributed by atoms with Gasteiger partial charge in [-0.05, 0) is 60.7 Å². The second kappa shape index (κ2) is 10.5. The first-order valence-corrected chi connectivity index (χ1v) is 10.2. The van der Waals surface area contributed by atoms with Crippen molar-refractivity contribution < 1.29 is 23.5 Å². The van der Waals surface area contributed by atoms with E-state index < -0.39 is 5.97 Å². The van der Waals surface area contributed by atoms with Crippen LogP contribution in [0.1, 0.15) is 35.7 Å². The largest absolute Gasteiger partial charge is 0.427 e. The molecule has 1 heterocycles. The van der Waals surface area contributed by atoms with Gasteiger partial charge in [0.05, 0.1) is 0 Å². The van der Waals surface area contributed by atoms with E-state index in [-0.39, 0.29) is 23.5 Å². The molecule has 1 N–H and O–H groups in total. The summed E-state index contributed by atoms with van der Waals surface area (Å²) in [6.45, 7) is 3.03. The number of nitrogens with zero attached hydrogens (tertiary/aromatic N) is 1. The van der Waals surface area contributed by atoms with Crippen LogP contribution in [0.3, 0.4) is 0 Å². The fourth-order valence-electron chi connectivity index (χ4n) is 3.47. The summed E-state index contributed by atoms with van der Waals surface area (Å²) in [5.41, 5.74) is 1.10. The molecule has 1 saturated heterocycles. The molecule has 0 radical (unpaired) electrons. The lowest BCUT2D eigenvalue weighted by Gasteiger charge is -2.32. The van der Waals surface area contributed by atoms with Crippen molar-refractivity contribution in [1.82, 2.24) is 10.2 Å². The van der Waals surface area contributed by atoms with Crippen LogP contribution in [0.15, 0.2) is 54.6 Å². The van der Waals surface area contributed by atoms with Gasteiger partial charge in [-0.2, -0.15) is 0 Å². The Kier molecular flexibility index (Phi) is 7.54. The number of halogens is 1. The number of amides is 2. The van der Waals surface area contributed by atoms with Crippen LogP contribution in [0.2, 0.25) is 0 Å². The van der Waals surface area contributed by atoms with Crippen LogP contribution >= 0.6 is 0 Å². The maximum atomic E-state index is 13.2. The van der Waals surface area contributed by atoms with Crippen LogP contribution in [-0.2, 0) is 9.59 Å². The Morgan fingerprint density at radius 2 is 1.87 bits per heavy atom. The first-order chi connectivity index (χ1) is 14.9. The summed E-state index contributed by atoms with van der Waals surface area (Å²) in [6, 6.07) is 12.6. The molecule has 6 nitrogen and oxygen atoms in total. The van der Waals surface area contributed by atoms with Crippen molar-refractivity contribution in [3.63, 3.8) is 0 Å². The van der Waals surface area contributed by atoms with Gasteiger partial charge in [-0.15, -0.1) is 0 Å². The third kappa shape index (κ3) is 6.77. The SMILES string of the molecule is CC(=O)Oc1cccc(C(=O)N2CCC(CNC(=O)/C=C/c3cccc(F)c3)CC2)c1. The van der Waals surface area contributed by atoms with Gasteiger partial charge in [-0.25, -0.2) is 4.39 Å². The number of esters is 1. The monoisotopic (exact) mass is 424 g/mol. The number of benzene rings is 2. The van der Waals surface area contributed by atoms with Gasteiger partial charge in [-0.1, -0.05) is 18.2 Å². The molecule has 1 aliphatic rings.